The average Bonchev–Trinajstić information content (AvgIpc) is 3.19. The number of pyridine rings is 1. The maximum absolute atomic E-state index is 12.2. The minimum atomic E-state index is -0.273. The number of thioether (sulfide) groups is 1. The SMILES string of the molecule is CC[n+]1cc(NC(=O)CSc2nc(-c3ccc(OC)cc3)ccc2C#N)on1. The number of ether oxygens (including phenoxy) is 1. The van der Waals surface area contributed by atoms with Crippen molar-refractivity contribution < 1.29 is 18.7 Å². The van der Waals surface area contributed by atoms with E-state index in [-0.39, 0.29) is 17.5 Å². The standard InChI is InChI=1S/C19H17N5O3S/c1-3-24-11-18(27-23-24)22-17(25)12-28-19-14(10-20)6-9-16(21-19)13-4-7-15(26-2)8-5-13/h4-9,11H,3,12H2,1-2H3/p+1. The van der Waals surface area contributed by atoms with E-state index < -0.39 is 0 Å². The number of anilines is 1. The molecule has 8 nitrogen and oxygen atoms in total. The van der Waals surface area contributed by atoms with Gasteiger partial charge in [0, 0.05) is 5.56 Å². The minimum Gasteiger partial charge on any atom is -0.497 e. The van der Waals surface area contributed by atoms with Gasteiger partial charge < -0.3 is 4.74 Å². The highest BCUT2D eigenvalue weighted by Crippen LogP contribution is 2.26. The van der Waals surface area contributed by atoms with Crippen LogP contribution in [0.15, 0.2) is 52.1 Å². The molecule has 1 amide bonds. The number of carbonyl (C=O) groups excluding carboxylic acids is 1. The molecule has 0 fully saturated rings. The zero-order chi connectivity index (χ0) is 19.9. The van der Waals surface area contributed by atoms with E-state index in [1.165, 1.54) is 11.8 Å². The molecule has 3 rings (SSSR count). The molecule has 0 spiro atoms. The Morgan fingerprint density at radius 1 is 1.32 bits per heavy atom. The van der Waals surface area contributed by atoms with Gasteiger partial charge in [0.2, 0.25) is 11.2 Å². The van der Waals surface area contributed by atoms with Crippen LogP contribution in [0.5, 0.6) is 5.75 Å². The number of nitrogens with zero attached hydrogens (tertiary/aromatic N) is 4. The van der Waals surface area contributed by atoms with Gasteiger partial charge in [-0.1, -0.05) is 16.4 Å². The second-order valence-electron chi connectivity index (χ2n) is 5.65. The number of rotatable bonds is 7. The Hall–Kier alpha value is -3.38. The molecule has 2 aromatic heterocycles. The Labute approximate surface area is 166 Å². The number of hydrogen-bond donors (Lipinski definition) is 1. The molecule has 0 atom stereocenters. The van der Waals surface area contributed by atoms with E-state index in [2.05, 4.69) is 21.6 Å². The lowest BCUT2D eigenvalue weighted by molar-refractivity contribution is -0.759. The second-order valence-corrected chi connectivity index (χ2v) is 6.61. The average molecular weight is 396 g/mol. The molecule has 0 bridgehead atoms. The van der Waals surface area contributed by atoms with E-state index in [9.17, 15) is 10.1 Å². The molecule has 0 unspecified atom stereocenters. The summed E-state index contributed by atoms with van der Waals surface area (Å²) in [7, 11) is 1.61. The smallest absolute Gasteiger partial charge is 0.302 e. The maximum atomic E-state index is 12.2. The van der Waals surface area contributed by atoms with Crippen LogP contribution in [0.2, 0.25) is 0 Å². The van der Waals surface area contributed by atoms with Gasteiger partial charge in [0.15, 0.2) is 6.54 Å². The zero-order valence-electron chi connectivity index (χ0n) is 15.4. The van der Waals surface area contributed by atoms with Gasteiger partial charge >= 0.3 is 5.88 Å². The summed E-state index contributed by atoms with van der Waals surface area (Å²) >= 11 is 1.19. The molecule has 1 aromatic carbocycles. The first kappa shape index (κ1) is 19.4. The zero-order valence-corrected chi connectivity index (χ0v) is 16.2. The molecule has 0 saturated carbocycles. The molecule has 9 heteroatoms. The van der Waals surface area contributed by atoms with E-state index >= 15 is 0 Å². The molecule has 0 saturated heterocycles. The van der Waals surface area contributed by atoms with E-state index in [0.29, 0.717) is 22.8 Å². The van der Waals surface area contributed by atoms with Crippen LogP contribution in [0, 0.1) is 11.3 Å². The number of aryl methyl sites for hydroxylation is 1. The number of amides is 1. The highest BCUT2D eigenvalue weighted by atomic mass is 32.2. The van der Waals surface area contributed by atoms with Crippen molar-refractivity contribution in [2.75, 3.05) is 18.2 Å². The normalized spacial score (nSPS) is 10.3. The van der Waals surface area contributed by atoms with Crippen molar-refractivity contribution in [2.45, 2.75) is 18.5 Å². The van der Waals surface area contributed by atoms with Crippen LogP contribution >= 0.6 is 11.8 Å². The fraction of sp³-hybridized carbons (Fsp3) is 0.211. The summed E-state index contributed by atoms with van der Waals surface area (Å²) < 4.78 is 11.7. The summed E-state index contributed by atoms with van der Waals surface area (Å²) in [5.41, 5.74) is 2.02. The highest BCUT2D eigenvalue weighted by molar-refractivity contribution is 8.00. The van der Waals surface area contributed by atoms with Gasteiger partial charge in [-0.2, -0.15) is 5.26 Å². The van der Waals surface area contributed by atoms with Crippen molar-refractivity contribution in [2.24, 2.45) is 0 Å². The molecule has 0 aliphatic carbocycles. The predicted octanol–water partition coefficient (Wildman–Crippen LogP) is 2.66. The van der Waals surface area contributed by atoms with Gasteiger partial charge in [-0.3, -0.25) is 14.6 Å². The van der Waals surface area contributed by atoms with Crippen molar-refractivity contribution in [3.05, 3.63) is 48.2 Å². The molecule has 0 aliphatic rings. The third-order valence-electron chi connectivity index (χ3n) is 3.80. The minimum absolute atomic E-state index is 0.0839. The fourth-order valence-electron chi connectivity index (χ4n) is 2.35. The fourth-order valence-corrected chi connectivity index (χ4v) is 3.12. The van der Waals surface area contributed by atoms with Crippen LogP contribution in [0.25, 0.3) is 11.3 Å². The number of hydrogen-bond acceptors (Lipinski definition) is 7. The number of aromatic nitrogens is 3. The van der Waals surface area contributed by atoms with Gasteiger partial charge in [-0.15, -0.1) is 0 Å². The van der Waals surface area contributed by atoms with Crippen molar-refractivity contribution in [3.8, 4) is 23.1 Å². The van der Waals surface area contributed by atoms with Gasteiger partial charge in [0.05, 0.1) is 24.1 Å². The molecule has 0 radical (unpaired) electrons. The van der Waals surface area contributed by atoms with E-state index in [1.54, 1.807) is 30.1 Å². The van der Waals surface area contributed by atoms with Crippen molar-refractivity contribution in [1.82, 2.24) is 10.3 Å². The topological polar surface area (TPSA) is 105 Å². The first-order valence-corrected chi connectivity index (χ1v) is 9.46. The molecule has 1 N–H and O–H groups in total. The summed E-state index contributed by atoms with van der Waals surface area (Å²) in [5, 5.41) is 16.2. The summed E-state index contributed by atoms with van der Waals surface area (Å²) in [6.45, 7) is 2.55. The van der Waals surface area contributed by atoms with Crippen LogP contribution in [-0.4, -0.2) is 29.0 Å². The largest absolute Gasteiger partial charge is 0.497 e. The van der Waals surface area contributed by atoms with Crippen LogP contribution in [0.1, 0.15) is 12.5 Å². The number of nitriles is 1. The summed E-state index contributed by atoms with van der Waals surface area (Å²) in [6, 6.07) is 13.1. The number of carbonyl (C=O) groups is 1. The number of nitrogens with one attached hydrogen (secondary N) is 1. The molecular weight excluding hydrogens is 378 g/mol. The van der Waals surface area contributed by atoms with Crippen molar-refractivity contribution in [1.29, 1.82) is 5.26 Å². The summed E-state index contributed by atoms with van der Waals surface area (Å²) in [4.78, 5) is 16.7. The summed E-state index contributed by atoms with van der Waals surface area (Å²) in [5.74, 6) is 0.832. The molecule has 142 valence electrons. The van der Waals surface area contributed by atoms with Crippen molar-refractivity contribution >= 4 is 23.6 Å². The van der Waals surface area contributed by atoms with Gasteiger partial charge in [-0.05, 0) is 43.3 Å². The summed E-state index contributed by atoms with van der Waals surface area (Å²) in [6.07, 6.45) is 1.60. The Morgan fingerprint density at radius 2 is 2.11 bits per heavy atom. The first-order valence-electron chi connectivity index (χ1n) is 8.47. The molecule has 2 heterocycles. The molecular formula is C19H18N5O3S+. The number of methoxy groups -OCH3 is 1. The monoisotopic (exact) mass is 396 g/mol. The second kappa shape index (κ2) is 9.01. The lowest BCUT2D eigenvalue weighted by Gasteiger charge is -2.07. The lowest BCUT2D eigenvalue weighted by atomic mass is 10.1. The lowest BCUT2D eigenvalue weighted by Crippen LogP contribution is -2.32. The first-order chi connectivity index (χ1) is 13.6. The van der Waals surface area contributed by atoms with E-state index in [1.807, 2.05) is 31.2 Å². The van der Waals surface area contributed by atoms with Gasteiger partial charge in [0.25, 0.3) is 6.20 Å². The Balaban J connectivity index is 1.71. The van der Waals surface area contributed by atoms with Gasteiger partial charge in [0.1, 0.15) is 16.8 Å². The van der Waals surface area contributed by atoms with Gasteiger partial charge in [-0.25, -0.2) is 4.98 Å². The quantitative estimate of drug-likeness (QED) is 0.483. The third-order valence-corrected chi connectivity index (χ3v) is 4.79. The molecule has 0 aliphatic heterocycles. The predicted molar refractivity (Wildman–Crippen MR) is 103 cm³/mol. The Kier molecular flexibility index (Phi) is 6.24. The van der Waals surface area contributed by atoms with Crippen molar-refractivity contribution in [3.63, 3.8) is 0 Å². The van der Waals surface area contributed by atoms with E-state index in [0.717, 1.165) is 11.3 Å². The van der Waals surface area contributed by atoms with Crippen LogP contribution in [0.3, 0.4) is 0 Å². The Morgan fingerprint density at radius 3 is 2.75 bits per heavy atom. The molecule has 3 aromatic rings. The number of benzene rings is 1. The molecule has 28 heavy (non-hydrogen) atoms. The maximum Gasteiger partial charge on any atom is 0.302 e. The highest BCUT2D eigenvalue weighted by Gasteiger charge is 2.14. The van der Waals surface area contributed by atoms with Crippen LogP contribution in [0.4, 0.5) is 5.88 Å². The Bertz CT molecular complexity index is 1010. The van der Waals surface area contributed by atoms with Crippen LogP contribution < -0.4 is 14.7 Å². The van der Waals surface area contributed by atoms with Crippen LogP contribution in [-0.2, 0) is 11.3 Å². The third kappa shape index (κ3) is 4.66. The van der Waals surface area contributed by atoms with E-state index in [4.69, 9.17) is 9.26 Å².